The molecule has 2 nitrogen and oxygen atoms in total. The smallest absolute Gasteiger partial charge is 0.335 e. The maximum absolute atomic E-state index is 12.3. The molecule has 16 heavy (non-hydrogen) atoms. The Labute approximate surface area is 93.8 Å². The second kappa shape index (κ2) is 4.63. The molecule has 0 aliphatic carbocycles. The summed E-state index contributed by atoms with van der Waals surface area (Å²) in [4.78, 5) is 12.1. The lowest BCUT2D eigenvalue weighted by molar-refractivity contribution is -0.185. The summed E-state index contributed by atoms with van der Waals surface area (Å²) in [5, 5.41) is 0. The van der Waals surface area contributed by atoms with E-state index in [0.717, 1.165) is 4.90 Å². The molecule has 0 bridgehead atoms. The third-order valence-electron chi connectivity index (χ3n) is 3.69. The molecule has 94 valence electrons. The summed E-state index contributed by atoms with van der Waals surface area (Å²) in [7, 11) is 0. The molecule has 1 aliphatic heterocycles. The monoisotopic (exact) mass is 237 g/mol. The van der Waals surface area contributed by atoms with Crippen molar-refractivity contribution in [1.29, 1.82) is 0 Å². The first-order chi connectivity index (χ1) is 7.23. The molecule has 0 unspecified atom stereocenters. The molecule has 0 aromatic heterocycles. The predicted molar refractivity (Wildman–Crippen MR) is 54.7 cm³/mol. The van der Waals surface area contributed by atoms with Gasteiger partial charge in [0.2, 0.25) is 0 Å². The summed E-state index contributed by atoms with van der Waals surface area (Å²) in [6.45, 7) is 6.40. The van der Waals surface area contributed by atoms with E-state index >= 15 is 0 Å². The molecule has 1 fully saturated rings. The van der Waals surface area contributed by atoms with Gasteiger partial charge in [0, 0.05) is 13.1 Å². The summed E-state index contributed by atoms with van der Waals surface area (Å²) in [5.41, 5.74) is 0. The minimum atomic E-state index is -4.74. The summed E-state index contributed by atoms with van der Waals surface area (Å²) in [5.74, 6) is -0.864. The number of nitrogens with zero attached hydrogens (tertiary/aromatic N) is 1. The van der Waals surface area contributed by atoms with Crippen LogP contribution in [-0.4, -0.2) is 30.1 Å². The van der Waals surface area contributed by atoms with E-state index in [1.807, 2.05) is 20.8 Å². The molecule has 1 amide bonds. The van der Waals surface area contributed by atoms with Gasteiger partial charge in [-0.15, -0.1) is 0 Å². The second-order valence-corrected chi connectivity index (χ2v) is 4.85. The van der Waals surface area contributed by atoms with Crippen LogP contribution in [0, 0.1) is 17.8 Å². The molecule has 0 aromatic rings. The zero-order valence-corrected chi connectivity index (χ0v) is 9.84. The standard InChI is InChI=1S/C11H18F3NO/c1-7-4-5-15(6-8(2)9(7)3)10(16)11(12,13)14/h7-9H,4-6H2,1-3H3/t7-,8+,9-/m1/s1. The molecular formula is C11H18F3NO. The van der Waals surface area contributed by atoms with Gasteiger partial charge >= 0.3 is 12.1 Å². The third-order valence-corrected chi connectivity index (χ3v) is 3.69. The van der Waals surface area contributed by atoms with Gasteiger partial charge in [0.05, 0.1) is 0 Å². The molecule has 1 rings (SSSR count). The summed E-state index contributed by atoms with van der Waals surface area (Å²) in [6, 6.07) is 0. The maximum Gasteiger partial charge on any atom is 0.471 e. The van der Waals surface area contributed by atoms with Crippen molar-refractivity contribution in [2.75, 3.05) is 13.1 Å². The minimum Gasteiger partial charge on any atom is -0.335 e. The van der Waals surface area contributed by atoms with Crippen molar-refractivity contribution >= 4 is 5.91 Å². The van der Waals surface area contributed by atoms with Gasteiger partial charge < -0.3 is 4.90 Å². The zero-order chi connectivity index (χ0) is 12.5. The Morgan fingerprint density at radius 2 is 1.75 bits per heavy atom. The van der Waals surface area contributed by atoms with Crippen LogP contribution in [0.25, 0.3) is 0 Å². The molecule has 0 saturated carbocycles. The van der Waals surface area contributed by atoms with Gasteiger partial charge in [-0.05, 0) is 24.2 Å². The van der Waals surface area contributed by atoms with Crippen LogP contribution in [0.4, 0.5) is 13.2 Å². The van der Waals surface area contributed by atoms with E-state index in [1.165, 1.54) is 0 Å². The Morgan fingerprint density at radius 1 is 1.19 bits per heavy atom. The van der Waals surface area contributed by atoms with Gasteiger partial charge in [-0.1, -0.05) is 20.8 Å². The van der Waals surface area contributed by atoms with Crippen LogP contribution in [-0.2, 0) is 4.79 Å². The predicted octanol–water partition coefficient (Wildman–Crippen LogP) is 2.69. The van der Waals surface area contributed by atoms with Crippen LogP contribution in [0.1, 0.15) is 27.2 Å². The molecule has 3 atom stereocenters. The zero-order valence-electron chi connectivity index (χ0n) is 9.84. The van der Waals surface area contributed by atoms with Crippen molar-refractivity contribution in [2.45, 2.75) is 33.4 Å². The van der Waals surface area contributed by atoms with E-state index in [4.69, 9.17) is 0 Å². The van der Waals surface area contributed by atoms with Crippen molar-refractivity contribution in [3.8, 4) is 0 Å². The van der Waals surface area contributed by atoms with Crippen LogP contribution < -0.4 is 0 Å². The fraction of sp³-hybridized carbons (Fsp3) is 0.909. The number of alkyl halides is 3. The van der Waals surface area contributed by atoms with Crippen molar-refractivity contribution in [2.24, 2.45) is 17.8 Å². The average molecular weight is 237 g/mol. The SMILES string of the molecule is C[C@@H]1[C@H](C)CCN(C(=O)C(F)(F)F)C[C@@H]1C. The van der Waals surface area contributed by atoms with Gasteiger partial charge in [-0.3, -0.25) is 4.79 Å². The van der Waals surface area contributed by atoms with E-state index in [9.17, 15) is 18.0 Å². The van der Waals surface area contributed by atoms with Gasteiger partial charge in [0.1, 0.15) is 0 Å². The number of hydrogen-bond acceptors (Lipinski definition) is 1. The summed E-state index contributed by atoms with van der Waals surface area (Å²) in [6.07, 6.45) is -4.09. The highest BCUT2D eigenvalue weighted by molar-refractivity contribution is 5.81. The Kier molecular flexibility index (Phi) is 3.86. The number of carbonyl (C=O) groups is 1. The van der Waals surface area contributed by atoms with E-state index in [0.29, 0.717) is 18.3 Å². The minimum absolute atomic E-state index is 0.115. The van der Waals surface area contributed by atoms with Crippen LogP contribution in [0.2, 0.25) is 0 Å². The van der Waals surface area contributed by atoms with Crippen molar-refractivity contribution in [3.05, 3.63) is 0 Å². The number of amides is 1. The second-order valence-electron chi connectivity index (χ2n) is 4.85. The fourth-order valence-electron chi connectivity index (χ4n) is 2.15. The molecule has 1 aliphatic rings. The van der Waals surface area contributed by atoms with Crippen LogP contribution in [0.3, 0.4) is 0 Å². The fourth-order valence-corrected chi connectivity index (χ4v) is 2.15. The van der Waals surface area contributed by atoms with Crippen LogP contribution >= 0.6 is 0 Å². The van der Waals surface area contributed by atoms with Gasteiger partial charge in [-0.2, -0.15) is 13.2 Å². The maximum atomic E-state index is 12.3. The van der Waals surface area contributed by atoms with Crippen LogP contribution in [0.5, 0.6) is 0 Å². The Hall–Kier alpha value is -0.740. The van der Waals surface area contributed by atoms with Gasteiger partial charge in [0.25, 0.3) is 0 Å². The lowest BCUT2D eigenvalue weighted by Crippen LogP contribution is -2.43. The lowest BCUT2D eigenvalue weighted by Gasteiger charge is -2.25. The highest BCUT2D eigenvalue weighted by Gasteiger charge is 2.43. The van der Waals surface area contributed by atoms with Crippen molar-refractivity contribution in [3.63, 3.8) is 0 Å². The molecule has 0 aromatic carbocycles. The van der Waals surface area contributed by atoms with E-state index < -0.39 is 12.1 Å². The topological polar surface area (TPSA) is 20.3 Å². The van der Waals surface area contributed by atoms with E-state index in [1.54, 1.807) is 0 Å². The van der Waals surface area contributed by atoms with E-state index in [-0.39, 0.29) is 19.0 Å². The molecule has 1 saturated heterocycles. The number of rotatable bonds is 0. The van der Waals surface area contributed by atoms with Gasteiger partial charge in [-0.25, -0.2) is 0 Å². The average Bonchev–Trinajstić information content (AvgIpc) is 2.29. The molecule has 1 heterocycles. The third kappa shape index (κ3) is 2.89. The largest absolute Gasteiger partial charge is 0.471 e. The first-order valence-electron chi connectivity index (χ1n) is 5.59. The first-order valence-corrected chi connectivity index (χ1v) is 5.59. The molecule has 0 radical (unpaired) electrons. The van der Waals surface area contributed by atoms with Crippen molar-refractivity contribution < 1.29 is 18.0 Å². The summed E-state index contributed by atoms with van der Waals surface area (Å²) >= 11 is 0. The van der Waals surface area contributed by atoms with Crippen molar-refractivity contribution in [1.82, 2.24) is 4.90 Å². The number of halogens is 3. The van der Waals surface area contributed by atoms with Crippen LogP contribution in [0.15, 0.2) is 0 Å². The van der Waals surface area contributed by atoms with E-state index in [2.05, 4.69) is 0 Å². The highest BCUT2D eigenvalue weighted by Crippen LogP contribution is 2.29. The Morgan fingerprint density at radius 3 is 2.25 bits per heavy atom. The molecular weight excluding hydrogens is 219 g/mol. The highest BCUT2D eigenvalue weighted by atomic mass is 19.4. The number of hydrogen-bond donors (Lipinski definition) is 0. The summed E-state index contributed by atoms with van der Waals surface area (Å²) < 4.78 is 36.9. The molecule has 0 spiro atoms. The quantitative estimate of drug-likeness (QED) is 0.634. The Bertz CT molecular complexity index is 264. The molecule has 5 heteroatoms. The first kappa shape index (κ1) is 13.3. The number of likely N-dealkylation sites (tertiary alicyclic amines) is 1. The lowest BCUT2D eigenvalue weighted by atomic mass is 9.85. The Balaban J connectivity index is 2.74. The molecule has 0 N–H and O–H groups in total. The number of carbonyl (C=O) groups excluding carboxylic acids is 1. The van der Waals surface area contributed by atoms with Gasteiger partial charge in [0.15, 0.2) is 0 Å². The normalized spacial score (nSPS) is 32.4.